The number of carbonyl (C=O) groups is 1. The van der Waals surface area contributed by atoms with Crippen molar-refractivity contribution in [3.63, 3.8) is 0 Å². The average molecular weight is 324 g/mol. The van der Waals surface area contributed by atoms with Gasteiger partial charge in [-0.2, -0.15) is 0 Å². The van der Waals surface area contributed by atoms with E-state index in [4.69, 9.17) is 0 Å². The molecule has 6 heteroatoms. The van der Waals surface area contributed by atoms with E-state index in [1.54, 1.807) is 6.92 Å². The Morgan fingerprint density at radius 3 is 2.22 bits per heavy atom. The SMILES string of the molecule is CCC(C)(CBr)NC(=O)c1c(F)cc(F)cc1F. The van der Waals surface area contributed by atoms with Gasteiger partial charge in [-0.05, 0) is 13.3 Å². The first-order chi connectivity index (χ1) is 8.33. The number of halogens is 4. The molecule has 0 fully saturated rings. The summed E-state index contributed by atoms with van der Waals surface area (Å²) in [4.78, 5) is 11.8. The largest absolute Gasteiger partial charge is 0.346 e. The van der Waals surface area contributed by atoms with Crippen molar-refractivity contribution in [2.24, 2.45) is 0 Å². The van der Waals surface area contributed by atoms with E-state index < -0.39 is 34.5 Å². The Hall–Kier alpha value is -1.04. The zero-order valence-corrected chi connectivity index (χ0v) is 11.6. The predicted octanol–water partition coefficient (Wildman–Crippen LogP) is 3.40. The van der Waals surface area contributed by atoms with Gasteiger partial charge in [0.25, 0.3) is 5.91 Å². The van der Waals surface area contributed by atoms with Crippen LogP contribution in [0.15, 0.2) is 12.1 Å². The Morgan fingerprint density at radius 1 is 1.33 bits per heavy atom. The van der Waals surface area contributed by atoms with E-state index in [1.165, 1.54) is 0 Å². The van der Waals surface area contributed by atoms with E-state index in [0.717, 1.165) is 0 Å². The molecule has 1 unspecified atom stereocenters. The summed E-state index contributed by atoms with van der Waals surface area (Å²) in [7, 11) is 0. The van der Waals surface area contributed by atoms with Crippen molar-refractivity contribution in [1.29, 1.82) is 0 Å². The molecule has 100 valence electrons. The van der Waals surface area contributed by atoms with Crippen LogP contribution >= 0.6 is 15.9 Å². The van der Waals surface area contributed by atoms with Gasteiger partial charge in [0.15, 0.2) is 0 Å². The van der Waals surface area contributed by atoms with Crippen LogP contribution in [0.4, 0.5) is 13.2 Å². The third-order valence-corrected chi connectivity index (χ3v) is 3.96. The number of benzene rings is 1. The first-order valence-electron chi connectivity index (χ1n) is 5.36. The minimum absolute atomic E-state index is 0.437. The van der Waals surface area contributed by atoms with Crippen molar-refractivity contribution in [2.75, 3.05) is 5.33 Å². The second-order valence-electron chi connectivity index (χ2n) is 4.25. The Bertz CT molecular complexity index is 438. The van der Waals surface area contributed by atoms with Crippen molar-refractivity contribution in [3.05, 3.63) is 35.1 Å². The quantitative estimate of drug-likeness (QED) is 0.845. The lowest BCUT2D eigenvalue weighted by Gasteiger charge is -2.27. The lowest BCUT2D eigenvalue weighted by Crippen LogP contribution is -2.47. The molecule has 1 aromatic carbocycles. The van der Waals surface area contributed by atoms with Crippen molar-refractivity contribution < 1.29 is 18.0 Å². The molecule has 18 heavy (non-hydrogen) atoms. The molecule has 0 spiro atoms. The van der Waals surface area contributed by atoms with Crippen LogP contribution in [0, 0.1) is 17.5 Å². The third kappa shape index (κ3) is 3.25. The van der Waals surface area contributed by atoms with Crippen LogP contribution in [0.1, 0.15) is 30.6 Å². The van der Waals surface area contributed by atoms with Gasteiger partial charge < -0.3 is 5.32 Å². The molecule has 0 aromatic heterocycles. The summed E-state index contributed by atoms with van der Waals surface area (Å²) < 4.78 is 39.5. The number of nitrogens with one attached hydrogen (secondary N) is 1. The van der Waals surface area contributed by atoms with E-state index in [9.17, 15) is 18.0 Å². The minimum Gasteiger partial charge on any atom is -0.346 e. The van der Waals surface area contributed by atoms with Crippen molar-refractivity contribution >= 4 is 21.8 Å². The van der Waals surface area contributed by atoms with Crippen LogP contribution in [0.25, 0.3) is 0 Å². The van der Waals surface area contributed by atoms with E-state index in [0.29, 0.717) is 23.9 Å². The predicted molar refractivity (Wildman–Crippen MR) is 66.3 cm³/mol. The summed E-state index contributed by atoms with van der Waals surface area (Å²) in [5.74, 6) is -4.37. The van der Waals surface area contributed by atoms with Crippen molar-refractivity contribution in [3.8, 4) is 0 Å². The standard InChI is InChI=1S/C12H13BrF3NO/c1-3-12(2,6-13)17-11(18)10-8(15)4-7(14)5-9(10)16/h4-5H,3,6H2,1-2H3,(H,17,18). The molecule has 0 aliphatic rings. The summed E-state index contributed by atoms with van der Waals surface area (Å²) >= 11 is 3.22. The summed E-state index contributed by atoms with van der Waals surface area (Å²) in [6.45, 7) is 3.57. The molecule has 1 amide bonds. The van der Waals surface area contributed by atoms with Crippen LogP contribution in [0.3, 0.4) is 0 Å². The molecule has 0 aliphatic carbocycles. The number of carbonyl (C=O) groups excluding carboxylic acids is 1. The van der Waals surface area contributed by atoms with Gasteiger partial charge >= 0.3 is 0 Å². The number of alkyl halides is 1. The topological polar surface area (TPSA) is 29.1 Å². The van der Waals surface area contributed by atoms with E-state index in [1.807, 2.05) is 6.92 Å². The second kappa shape index (κ2) is 5.73. The zero-order chi connectivity index (χ0) is 13.9. The maximum Gasteiger partial charge on any atom is 0.257 e. The molecule has 1 aromatic rings. The molecule has 0 aliphatic heterocycles. The highest BCUT2D eigenvalue weighted by atomic mass is 79.9. The first kappa shape index (κ1) is 15.0. The van der Waals surface area contributed by atoms with Crippen LogP contribution in [0.2, 0.25) is 0 Å². The molecule has 0 heterocycles. The van der Waals surface area contributed by atoms with E-state index in [2.05, 4.69) is 21.2 Å². The zero-order valence-electron chi connectivity index (χ0n) is 9.99. The van der Waals surface area contributed by atoms with Crippen LogP contribution in [-0.4, -0.2) is 16.8 Å². The van der Waals surface area contributed by atoms with Crippen molar-refractivity contribution in [2.45, 2.75) is 25.8 Å². The smallest absolute Gasteiger partial charge is 0.257 e. The van der Waals surface area contributed by atoms with Crippen LogP contribution < -0.4 is 5.32 Å². The van der Waals surface area contributed by atoms with Gasteiger partial charge in [-0.25, -0.2) is 13.2 Å². The van der Waals surface area contributed by atoms with Gasteiger partial charge in [0.2, 0.25) is 0 Å². The fourth-order valence-electron chi connectivity index (χ4n) is 1.31. The molecule has 0 saturated carbocycles. The van der Waals surface area contributed by atoms with Gasteiger partial charge in [0.1, 0.15) is 23.0 Å². The Balaban J connectivity index is 3.05. The van der Waals surface area contributed by atoms with Crippen molar-refractivity contribution in [1.82, 2.24) is 5.32 Å². The van der Waals surface area contributed by atoms with E-state index in [-0.39, 0.29) is 0 Å². The van der Waals surface area contributed by atoms with E-state index >= 15 is 0 Å². The monoisotopic (exact) mass is 323 g/mol. The number of hydrogen-bond donors (Lipinski definition) is 1. The van der Waals surface area contributed by atoms with Gasteiger partial charge in [-0.15, -0.1) is 0 Å². The summed E-state index contributed by atoms with van der Waals surface area (Å²) in [5, 5.41) is 2.96. The molecule has 1 rings (SSSR count). The van der Waals surface area contributed by atoms with Gasteiger partial charge in [0.05, 0.1) is 0 Å². The summed E-state index contributed by atoms with van der Waals surface area (Å²) in [5.41, 5.74) is -1.39. The van der Waals surface area contributed by atoms with Gasteiger partial charge in [0, 0.05) is 23.0 Å². The second-order valence-corrected chi connectivity index (χ2v) is 4.81. The molecular weight excluding hydrogens is 311 g/mol. The number of amides is 1. The maximum absolute atomic E-state index is 13.4. The Kier molecular flexibility index (Phi) is 4.78. The lowest BCUT2D eigenvalue weighted by atomic mass is 10.0. The van der Waals surface area contributed by atoms with Crippen LogP contribution in [-0.2, 0) is 0 Å². The normalized spacial score (nSPS) is 14.1. The summed E-state index contributed by atoms with van der Waals surface area (Å²) in [6.07, 6.45) is 0.578. The first-order valence-corrected chi connectivity index (χ1v) is 6.48. The fourth-order valence-corrected chi connectivity index (χ4v) is 1.85. The van der Waals surface area contributed by atoms with Gasteiger partial charge in [-0.1, -0.05) is 22.9 Å². The number of hydrogen-bond acceptors (Lipinski definition) is 1. The molecule has 1 atom stereocenters. The Morgan fingerprint density at radius 2 is 1.83 bits per heavy atom. The third-order valence-electron chi connectivity index (χ3n) is 2.72. The minimum atomic E-state index is -1.21. The Labute approximate surface area is 112 Å². The lowest BCUT2D eigenvalue weighted by molar-refractivity contribution is 0.0904. The number of rotatable bonds is 4. The molecule has 2 nitrogen and oxygen atoms in total. The molecule has 0 saturated heterocycles. The molecular formula is C12H13BrF3NO. The van der Waals surface area contributed by atoms with Gasteiger partial charge in [-0.3, -0.25) is 4.79 Å². The molecule has 1 N–H and O–H groups in total. The maximum atomic E-state index is 13.4. The molecule has 0 bridgehead atoms. The van der Waals surface area contributed by atoms with Crippen LogP contribution in [0.5, 0.6) is 0 Å². The molecule has 0 radical (unpaired) electrons. The highest BCUT2D eigenvalue weighted by Crippen LogP contribution is 2.18. The highest BCUT2D eigenvalue weighted by Gasteiger charge is 2.27. The summed E-state index contributed by atoms with van der Waals surface area (Å²) in [6, 6.07) is 0.963. The fraction of sp³-hybridized carbons (Fsp3) is 0.417. The highest BCUT2D eigenvalue weighted by molar-refractivity contribution is 9.09. The average Bonchev–Trinajstić information content (AvgIpc) is 2.27.